The number of anilines is 1. The van der Waals surface area contributed by atoms with Crippen molar-refractivity contribution < 1.29 is 24.2 Å². The largest absolute Gasteiger partial charge is 0.387 e. The van der Waals surface area contributed by atoms with Gasteiger partial charge < -0.3 is 36.2 Å². The van der Waals surface area contributed by atoms with Gasteiger partial charge in [-0.15, -0.1) is 0 Å². The lowest BCUT2D eigenvalue weighted by Gasteiger charge is -2.33. The summed E-state index contributed by atoms with van der Waals surface area (Å²) in [6.45, 7) is 1.40. The zero-order valence-electron chi connectivity index (χ0n) is 19.9. The molecule has 0 bridgehead atoms. The van der Waals surface area contributed by atoms with Crippen LogP contribution in [0.1, 0.15) is 18.2 Å². The van der Waals surface area contributed by atoms with Crippen molar-refractivity contribution in [1.82, 2.24) is 24.8 Å². The van der Waals surface area contributed by atoms with Crippen molar-refractivity contribution in [2.75, 3.05) is 32.9 Å². The number of hydrogen-bond acceptors (Lipinski definition) is 9. The standard InChI is InChI=1S/C23H32N8O4/c1-31(2,9-8-15(24)22(34)26-10-14-6-4-3-5-7-14)11-16-18(32)19(33)23(35-16)30-13-29-17-20(25)27-12-28-21(17)30/h3-7,12-13,15-16,18-19,23,32-33H,8-11,24H2,1-2H3,(H2-,25,26,27,28,34)/p+1/t15-,16+,18+,19+,23+/m0/s1. The van der Waals surface area contributed by atoms with Crippen molar-refractivity contribution in [3.8, 4) is 0 Å². The molecule has 7 N–H and O–H groups in total. The fourth-order valence-electron chi connectivity index (χ4n) is 4.28. The summed E-state index contributed by atoms with van der Waals surface area (Å²) in [7, 11) is 3.93. The normalized spacial score (nSPS) is 23.5. The number of nitrogens with one attached hydrogen (secondary N) is 1. The quantitative estimate of drug-likeness (QED) is 0.242. The highest BCUT2D eigenvalue weighted by molar-refractivity contribution is 5.81. The first-order chi connectivity index (χ1) is 16.7. The van der Waals surface area contributed by atoms with Crippen molar-refractivity contribution in [2.24, 2.45) is 5.73 Å². The second kappa shape index (κ2) is 10.2. The molecule has 1 aliphatic rings. The number of nitrogens with zero attached hydrogens (tertiary/aromatic N) is 5. The van der Waals surface area contributed by atoms with E-state index in [-0.39, 0.29) is 11.7 Å². The molecule has 4 rings (SSSR count). The summed E-state index contributed by atoms with van der Waals surface area (Å²) in [4.78, 5) is 24.7. The predicted octanol–water partition coefficient (Wildman–Crippen LogP) is -0.862. The van der Waals surface area contributed by atoms with Crippen LogP contribution in [-0.4, -0.2) is 91.7 Å². The summed E-state index contributed by atoms with van der Waals surface area (Å²) in [6, 6.07) is 8.97. The van der Waals surface area contributed by atoms with Crippen molar-refractivity contribution in [2.45, 2.75) is 43.5 Å². The number of imidazole rings is 1. The van der Waals surface area contributed by atoms with E-state index in [2.05, 4.69) is 20.3 Å². The lowest BCUT2D eigenvalue weighted by molar-refractivity contribution is -0.893. The molecule has 35 heavy (non-hydrogen) atoms. The number of benzene rings is 1. The first-order valence-electron chi connectivity index (χ1n) is 11.5. The van der Waals surface area contributed by atoms with Crippen molar-refractivity contribution >= 4 is 22.9 Å². The number of nitrogen functional groups attached to an aromatic ring is 1. The molecule has 1 saturated heterocycles. The van der Waals surface area contributed by atoms with Gasteiger partial charge in [0.25, 0.3) is 0 Å². The Hall–Kier alpha value is -3.16. The minimum atomic E-state index is -1.18. The average Bonchev–Trinajstić information content (AvgIpc) is 3.39. The summed E-state index contributed by atoms with van der Waals surface area (Å²) in [5.41, 5.74) is 13.8. The zero-order chi connectivity index (χ0) is 25.2. The number of carbonyl (C=O) groups excluding carboxylic acids is 1. The molecule has 0 radical (unpaired) electrons. The molecule has 0 spiro atoms. The molecule has 1 amide bonds. The molecular weight excluding hydrogens is 452 g/mol. The number of hydrogen-bond donors (Lipinski definition) is 5. The third-order valence-corrected chi connectivity index (χ3v) is 6.36. The zero-order valence-corrected chi connectivity index (χ0v) is 19.9. The molecule has 1 aromatic carbocycles. The van der Waals surface area contributed by atoms with Crippen LogP contribution in [0.5, 0.6) is 0 Å². The van der Waals surface area contributed by atoms with Gasteiger partial charge in [0.2, 0.25) is 5.91 Å². The van der Waals surface area contributed by atoms with Gasteiger partial charge in [-0.1, -0.05) is 30.3 Å². The molecule has 188 valence electrons. The van der Waals surface area contributed by atoms with Crippen LogP contribution in [0.25, 0.3) is 11.2 Å². The minimum Gasteiger partial charge on any atom is -0.387 e. The molecule has 3 aromatic rings. The monoisotopic (exact) mass is 485 g/mol. The molecule has 5 atom stereocenters. The first-order valence-corrected chi connectivity index (χ1v) is 11.5. The second-order valence-corrected chi connectivity index (χ2v) is 9.57. The van der Waals surface area contributed by atoms with E-state index in [4.69, 9.17) is 16.2 Å². The molecule has 2 aromatic heterocycles. The maximum Gasteiger partial charge on any atom is 0.237 e. The van der Waals surface area contributed by atoms with E-state index < -0.39 is 30.6 Å². The van der Waals surface area contributed by atoms with Gasteiger partial charge >= 0.3 is 0 Å². The van der Waals surface area contributed by atoms with Crippen LogP contribution in [0.4, 0.5) is 5.82 Å². The van der Waals surface area contributed by atoms with E-state index in [1.165, 1.54) is 12.7 Å². The highest BCUT2D eigenvalue weighted by Gasteiger charge is 2.47. The molecule has 3 heterocycles. The van der Waals surface area contributed by atoms with Crippen molar-refractivity contribution in [3.63, 3.8) is 0 Å². The highest BCUT2D eigenvalue weighted by atomic mass is 16.6. The number of aliphatic hydroxyl groups excluding tert-OH is 2. The molecule has 0 aliphatic carbocycles. The summed E-state index contributed by atoms with van der Waals surface area (Å²) in [5, 5.41) is 24.3. The van der Waals surface area contributed by atoms with E-state index in [0.717, 1.165) is 5.56 Å². The summed E-state index contributed by atoms with van der Waals surface area (Å²) in [5.74, 6) is 0.00928. The lowest BCUT2D eigenvalue weighted by Crippen LogP contribution is -2.51. The van der Waals surface area contributed by atoms with Crippen LogP contribution in [0, 0.1) is 0 Å². The Labute approximate surface area is 203 Å². The number of nitrogens with two attached hydrogens (primary N) is 2. The third kappa shape index (κ3) is 5.57. The Bertz CT molecular complexity index is 1150. The number of aliphatic hydroxyl groups is 2. The number of ether oxygens (including phenoxy) is 1. The van der Waals surface area contributed by atoms with E-state index in [1.807, 2.05) is 44.4 Å². The van der Waals surface area contributed by atoms with Crippen LogP contribution in [-0.2, 0) is 16.1 Å². The van der Waals surface area contributed by atoms with Crippen molar-refractivity contribution in [3.05, 3.63) is 48.5 Å². The molecule has 1 fully saturated rings. The topological polar surface area (TPSA) is 174 Å². The van der Waals surface area contributed by atoms with E-state index in [1.54, 1.807) is 4.57 Å². The maximum absolute atomic E-state index is 12.4. The third-order valence-electron chi connectivity index (χ3n) is 6.36. The van der Waals surface area contributed by atoms with Gasteiger partial charge in [-0.2, -0.15) is 0 Å². The van der Waals surface area contributed by atoms with Gasteiger partial charge in [0.15, 0.2) is 17.7 Å². The average molecular weight is 486 g/mol. The van der Waals surface area contributed by atoms with Crippen LogP contribution in [0.15, 0.2) is 43.0 Å². The first kappa shape index (κ1) is 24.9. The van der Waals surface area contributed by atoms with Gasteiger partial charge in [-0.25, -0.2) is 15.0 Å². The number of fused-ring (bicyclic) bond motifs is 1. The number of amides is 1. The fourth-order valence-corrected chi connectivity index (χ4v) is 4.28. The molecular formula is C23H33N8O4+. The highest BCUT2D eigenvalue weighted by Crippen LogP contribution is 2.32. The number of carbonyl (C=O) groups is 1. The van der Waals surface area contributed by atoms with E-state index in [9.17, 15) is 15.0 Å². The Kier molecular flexibility index (Phi) is 7.28. The van der Waals surface area contributed by atoms with Gasteiger partial charge in [0.1, 0.15) is 36.7 Å². The number of likely N-dealkylation sites (N-methyl/N-ethyl adjacent to an activating group) is 1. The second-order valence-electron chi connectivity index (χ2n) is 9.57. The SMILES string of the molecule is C[N+](C)(CC[C@H](N)C(=O)NCc1ccccc1)C[C@H]1O[C@@H](n2cnc3c(N)ncnc32)[C@H](O)[C@@H]1O. The summed E-state index contributed by atoms with van der Waals surface area (Å²) >= 11 is 0. The molecule has 0 unspecified atom stereocenters. The number of aromatic nitrogens is 4. The van der Waals surface area contributed by atoms with Crippen LogP contribution in [0.3, 0.4) is 0 Å². The predicted molar refractivity (Wildman–Crippen MR) is 128 cm³/mol. The van der Waals surface area contributed by atoms with Crippen LogP contribution in [0.2, 0.25) is 0 Å². The van der Waals surface area contributed by atoms with Gasteiger partial charge in [0.05, 0.1) is 33.0 Å². The molecule has 12 nitrogen and oxygen atoms in total. The Morgan fingerprint density at radius 3 is 2.69 bits per heavy atom. The minimum absolute atomic E-state index is 0.213. The summed E-state index contributed by atoms with van der Waals surface area (Å²) in [6.07, 6.45) is -0.595. The Morgan fingerprint density at radius 1 is 1.20 bits per heavy atom. The van der Waals surface area contributed by atoms with Gasteiger partial charge in [-0.05, 0) is 5.56 Å². The molecule has 12 heteroatoms. The summed E-state index contributed by atoms with van der Waals surface area (Å²) < 4.78 is 8.03. The number of quaternary nitrogens is 1. The van der Waals surface area contributed by atoms with Gasteiger partial charge in [0, 0.05) is 13.0 Å². The number of rotatable bonds is 9. The fraction of sp³-hybridized carbons (Fsp3) is 0.478. The smallest absolute Gasteiger partial charge is 0.237 e. The van der Waals surface area contributed by atoms with Crippen LogP contribution >= 0.6 is 0 Å². The van der Waals surface area contributed by atoms with Crippen molar-refractivity contribution in [1.29, 1.82) is 0 Å². The lowest BCUT2D eigenvalue weighted by atomic mass is 10.1. The van der Waals surface area contributed by atoms with Gasteiger partial charge in [-0.3, -0.25) is 9.36 Å². The molecule has 1 aliphatic heterocycles. The Morgan fingerprint density at radius 2 is 1.94 bits per heavy atom. The Balaban J connectivity index is 1.33. The molecule has 0 saturated carbocycles. The van der Waals surface area contributed by atoms with E-state index >= 15 is 0 Å². The van der Waals surface area contributed by atoms with Crippen LogP contribution < -0.4 is 16.8 Å². The van der Waals surface area contributed by atoms with E-state index in [0.29, 0.717) is 41.7 Å². The maximum atomic E-state index is 12.4.